The van der Waals surface area contributed by atoms with Gasteiger partial charge in [0.25, 0.3) is 0 Å². The van der Waals surface area contributed by atoms with E-state index < -0.39 is 0 Å². The highest BCUT2D eigenvalue weighted by atomic mass is 127. The Hall–Kier alpha value is 0.690. The van der Waals surface area contributed by atoms with Crippen LogP contribution >= 0.6 is 22.6 Å². The summed E-state index contributed by atoms with van der Waals surface area (Å²) in [6, 6.07) is 0. The van der Waals surface area contributed by atoms with Gasteiger partial charge in [0, 0.05) is 4.43 Å². The first-order chi connectivity index (χ1) is 6.55. The zero-order valence-corrected chi connectivity index (χ0v) is 11.5. The number of alkyl halides is 1. The summed E-state index contributed by atoms with van der Waals surface area (Å²) < 4.78 is 7.43. The van der Waals surface area contributed by atoms with Crippen molar-refractivity contribution in [1.29, 1.82) is 0 Å². The minimum Gasteiger partial charge on any atom is -0.371 e. The standard InChI is InChI=1S/C12H21IO/c1-11(2)5-3-6-12(9-11)7-4-10(8-13)14-12/h10H,3-9H2,1-2H3. The van der Waals surface area contributed by atoms with Crippen LogP contribution in [-0.2, 0) is 4.74 Å². The predicted octanol–water partition coefficient (Wildman–Crippen LogP) is 3.94. The van der Waals surface area contributed by atoms with Gasteiger partial charge in [-0.2, -0.15) is 0 Å². The number of ether oxygens (including phenoxy) is 1. The van der Waals surface area contributed by atoms with Gasteiger partial charge < -0.3 is 4.74 Å². The summed E-state index contributed by atoms with van der Waals surface area (Å²) >= 11 is 2.45. The molecule has 2 atom stereocenters. The summed E-state index contributed by atoms with van der Waals surface area (Å²) in [5.74, 6) is 0. The topological polar surface area (TPSA) is 9.23 Å². The molecule has 1 heterocycles. The van der Waals surface area contributed by atoms with Gasteiger partial charge in [-0.3, -0.25) is 0 Å². The lowest BCUT2D eigenvalue weighted by molar-refractivity contribution is -0.0829. The van der Waals surface area contributed by atoms with E-state index in [1.54, 1.807) is 0 Å². The highest BCUT2D eigenvalue weighted by Crippen LogP contribution is 2.48. The number of halogens is 1. The third-order valence-electron chi connectivity index (χ3n) is 3.80. The second-order valence-electron chi connectivity index (χ2n) is 5.81. The quantitative estimate of drug-likeness (QED) is 0.527. The molecule has 2 unspecified atom stereocenters. The maximum atomic E-state index is 6.27. The molecule has 0 aromatic rings. The van der Waals surface area contributed by atoms with E-state index in [1.165, 1.54) is 43.0 Å². The van der Waals surface area contributed by atoms with Crippen molar-refractivity contribution in [2.75, 3.05) is 4.43 Å². The summed E-state index contributed by atoms with van der Waals surface area (Å²) in [6.07, 6.45) is 8.48. The first-order valence-electron chi connectivity index (χ1n) is 5.79. The Bertz CT molecular complexity index is 214. The van der Waals surface area contributed by atoms with Crippen molar-refractivity contribution in [3.8, 4) is 0 Å². The van der Waals surface area contributed by atoms with Crippen LogP contribution in [-0.4, -0.2) is 16.1 Å². The summed E-state index contributed by atoms with van der Waals surface area (Å²) in [5.41, 5.74) is 0.788. The average molecular weight is 308 g/mol. The molecule has 0 aromatic carbocycles. The molecule has 14 heavy (non-hydrogen) atoms. The molecule has 0 N–H and O–H groups in total. The number of hydrogen-bond acceptors (Lipinski definition) is 1. The van der Waals surface area contributed by atoms with Gasteiger partial charge in [-0.15, -0.1) is 0 Å². The third kappa shape index (κ3) is 2.26. The molecular formula is C12H21IO. The molecule has 2 fully saturated rings. The molecule has 0 radical (unpaired) electrons. The Balaban J connectivity index is 2.03. The van der Waals surface area contributed by atoms with Crippen LogP contribution in [0.4, 0.5) is 0 Å². The molecule has 1 saturated carbocycles. The van der Waals surface area contributed by atoms with Gasteiger partial charge in [-0.25, -0.2) is 0 Å². The van der Waals surface area contributed by atoms with Crippen LogP contribution in [0.3, 0.4) is 0 Å². The first-order valence-corrected chi connectivity index (χ1v) is 7.32. The molecule has 2 heteroatoms. The minimum atomic E-state index is 0.275. The fraction of sp³-hybridized carbons (Fsp3) is 1.00. The van der Waals surface area contributed by atoms with Gasteiger partial charge in [0.05, 0.1) is 11.7 Å². The Labute approximate surface area is 101 Å². The van der Waals surface area contributed by atoms with E-state index in [4.69, 9.17) is 4.74 Å². The van der Waals surface area contributed by atoms with E-state index in [0.717, 1.165) is 0 Å². The predicted molar refractivity (Wildman–Crippen MR) is 68.0 cm³/mol. The highest BCUT2D eigenvalue weighted by molar-refractivity contribution is 14.1. The summed E-state index contributed by atoms with van der Waals surface area (Å²) in [4.78, 5) is 0. The molecule has 1 aliphatic heterocycles. The molecule has 2 aliphatic rings. The minimum absolute atomic E-state index is 0.275. The molecule has 1 aliphatic carbocycles. The summed E-state index contributed by atoms with van der Waals surface area (Å²) in [5, 5.41) is 0. The van der Waals surface area contributed by atoms with Gasteiger partial charge in [-0.05, 0) is 37.5 Å². The van der Waals surface area contributed by atoms with Crippen molar-refractivity contribution >= 4 is 22.6 Å². The molecule has 0 aromatic heterocycles. The lowest BCUT2D eigenvalue weighted by atomic mass is 9.69. The van der Waals surface area contributed by atoms with Crippen LogP contribution < -0.4 is 0 Å². The van der Waals surface area contributed by atoms with Gasteiger partial charge in [0.15, 0.2) is 0 Å². The summed E-state index contributed by atoms with van der Waals surface area (Å²) in [6.45, 7) is 4.79. The van der Waals surface area contributed by atoms with Crippen molar-refractivity contribution in [3.63, 3.8) is 0 Å². The molecule has 1 saturated heterocycles. The zero-order chi connectivity index (χ0) is 10.2. The Morgan fingerprint density at radius 1 is 1.29 bits per heavy atom. The Morgan fingerprint density at radius 3 is 2.64 bits per heavy atom. The molecule has 2 rings (SSSR count). The van der Waals surface area contributed by atoms with Crippen molar-refractivity contribution < 1.29 is 4.74 Å². The van der Waals surface area contributed by atoms with E-state index in [0.29, 0.717) is 11.5 Å². The summed E-state index contributed by atoms with van der Waals surface area (Å²) in [7, 11) is 0. The van der Waals surface area contributed by atoms with Crippen molar-refractivity contribution in [2.45, 2.75) is 64.1 Å². The lowest BCUT2D eigenvalue weighted by Gasteiger charge is -2.42. The SMILES string of the molecule is CC1(C)CCCC2(CCC(CI)O2)C1. The van der Waals surface area contributed by atoms with Crippen molar-refractivity contribution in [3.05, 3.63) is 0 Å². The smallest absolute Gasteiger partial charge is 0.0692 e. The van der Waals surface area contributed by atoms with Crippen LogP contribution in [0.15, 0.2) is 0 Å². The van der Waals surface area contributed by atoms with Crippen LogP contribution in [0.5, 0.6) is 0 Å². The molecule has 1 nitrogen and oxygen atoms in total. The van der Waals surface area contributed by atoms with Gasteiger partial charge in [0.1, 0.15) is 0 Å². The second kappa shape index (κ2) is 3.93. The van der Waals surface area contributed by atoms with E-state index in [-0.39, 0.29) is 5.60 Å². The van der Waals surface area contributed by atoms with E-state index in [9.17, 15) is 0 Å². The first kappa shape index (κ1) is 11.2. The van der Waals surface area contributed by atoms with Crippen molar-refractivity contribution in [2.24, 2.45) is 5.41 Å². The van der Waals surface area contributed by atoms with Gasteiger partial charge in [0.2, 0.25) is 0 Å². The molecule has 82 valence electrons. The maximum Gasteiger partial charge on any atom is 0.0692 e. The number of rotatable bonds is 1. The van der Waals surface area contributed by atoms with E-state index in [2.05, 4.69) is 36.4 Å². The number of hydrogen-bond donors (Lipinski definition) is 0. The molecule has 0 bridgehead atoms. The van der Waals surface area contributed by atoms with E-state index in [1.807, 2.05) is 0 Å². The van der Waals surface area contributed by atoms with Crippen molar-refractivity contribution in [1.82, 2.24) is 0 Å². The zero-order valence-electron chi connectivity index (χ0n) is 9.31. The van der Waals surface area contributed by atoms with Crippen LogP contribution in [0.1, 0.15) is 52.4 Å². The second-order valence-corrected chi connectivity index (χ2v) is 6.69. The maximum absolute atomic E-state index is 6.27. The van der Waals surface area contributed by atoms with Crippen LogP contribution in [0, 0.1) is 5.41 Å². The molecule has 1 spiro atoms. The highest BCUT2D eigenvalue weighted by Gasteiger charge is 2.45. The Morgan fingerprint density at radius 2 is 2.07 bits per heavy atom. The van der Waals surface area contributed by atoms with Crippen LogP contribution in [0.25, 0.3) is 0 Å². The lowest BCUT2D eigenvalue weighted by Crippen LogP contribution is -2.39. The third-order valence-corrected chi connectivity index (χ3v) is 4.78. The van der Waals surface area contributed by atoms with Gasteiger partial charge >= 0.3 is 0 Å². The van der Waals surface area contributed by atoms with Gasteiger partial charge in [-0.1, -0.05) is 42.9 Å². The average Bonchev–Trinajstić information content (AvgIpc) is 2.46. The Kier molecular flexibility index (Phi) is 3.14. The molecular weight excluding hydrogens is 287 g/mol. The largest absolute Gasteiger partial charge is 0.371 e. The normalized spacial score (nSPS) is 41.8. The fourth-order valence-corrected chi connectivity index (χ4v) is 3.88. The monoisotopic (exact) mass is 308 g/mol. The molecule has 0 amide bonds. The van der Waals surface area contributed by atoms with E-state index >= 15 is 0 Å². The van der Waals surface area contributed by atoms with Crippen LogP contribution in [0.2, 0.25) is 0 Å². The fourth-order valence-electron chi connectivity index (χ4n) is 3.26.